The Kier molecular flexibility index (Phi) is 5.83. The van der Waals surface area contributed by atoms with Crippen LogP contribution in [-0.2, 0) is 9.13 Å². The lowest BCUT2D eigenvalue weighted by atomic mass is 10.3. The third kappa shape index (κ3) is 4.92. The zero-order valence-electron chi connectivity index (χ0n) is 12.3. The van der Waals surface area contributed by atoms with Gasteiger partial charge >= 0.3 is 15.2 Å². The average molecular weight is 374 g/mol. The molecule has 0 bridgehead atoms. The molecule has 0 fully saturated rings. The molecule has 0 unspecified atom stereocenters. The first-order valence-electron chi connectivity index (χ1n) is 6.75. The van der Waals surface area contributed by atoms with Gasteiger partial charge in [0.25, 0.3) is 0 Å². The molecule has 2 aromatic carbocycles. The van der Waals surface area contributed by atoms with Crippen molar-refractivity contribution in [3.8, 4) is 11.5 Å². The van der Waals surface area contributed by atoms with Crippen LogP contribution in [0.25, 0.3) is 0 Å². The number of ether oxygens (including phenoxy) is 2. The highest BCUT2D eigenvalue weighted by Gasteiger charge is 2.23. The molecule has 8 nitrogen and oxygen atoms in total. The van der Waals surface area contributed by atoms with Gasteiger partial charge < -0.3 is 29.0 Å². The van der Waals surface area contributed by atoms with E-state index >= 15 is 0 Å². The quantitative estimate of drug-likeness (QED) is 0.412. The summed E-state index contributed by atoms with van der Waals surface area (Å²) in [5.74, 6) is 0.0513. The summed E-state index contributed by atoms with van der Waals surface area (Å²) in [5, 5.41) is -0.471. The minimum atomic E-state index is -4.46. The Hall–Kier alpha value is -1.66. The van der Waals surface area contributed by atoms with E-state index in [1.807, 2.05) is 0 Å². The van der Waals surface area contributed by atoms with Gasteiger partial charge in [-0.15, -0.1) is 0 Å². The number of hydrogen-bond donors (Lipinski definition) is 4. The monoisotopic (exact) mass is 374 g/mol. The van der Waals surface area contributed by atoms with Crippen molar-refractivity contribution in [2.75, 3.05) is 13.2 Å². The Morgan fingerprint density at radius 3 is 1.33 bits per heavy atom. The van der Waals surface area contributed by atoms with Gasteiger partial charge in [0.15, 0.2) is 0 Å². The van der Waals surface area contributed by atoms with Crippen LogP contribution in [0.2, 0.25) is 0 Å². The fourth-order valence-corrected chi connectivity index (χ4v) is 3.36. The molecular formula is C14H16O8P2. The van der Waals surface area contributed by atoms with E-state index in [2.05, 4.69) is 0 Å². The Morgan fingerprint density at radius 1 is 0.667 bits per heavy atom. The van der Waals surface area contributed by atoms with Crippen molar-refractivity contribution in [2.24, 2.45) is 0 Å². The Labute approximate surface area is 138 Å². The summed E-state index contributed by atoms with van der Waals surface area (Å²) in [6.07, 6.45) is 0. The van der Waals surface area contributed by atoms with Crippen molar-refractivity contribution in [1.29, 1.82) is 0 Å². The van der Waals surface area contributed by atoms with Crippen LogP contribution in [-0.4, -0.2) is 32.8 Å². The predicted octanol–water partition coefficient (Wildman–Crippen LogP) is 0.750. The number of benzene rings is 2. The maximum Gasteiger partial charge on any atom is 0.359 e. The van der Waals surface area contributed by atoms with Crippen molar-refractivity contribution in [1.82, 2.24) is 0 Å². The summed E-state index contributed by atoms with van der Waals surface area (Å²) in [4.78, 5) is 37.0. The molecule has 0 aromatic heterocycles. The molecule has 0 heterocycles. The minimum Gasteiger partial charge on any atom is -0.489 e. The largest absolute Gasteiger partial charge is 0.489 e. The molecule has 4 N–H and O–H groups in total. The third-order valence-electron chi connectivity index (χ3n) is 2.96. The number of para-hydroxylation sites is 2. The van der Waals surface area contributed by atoms with E-state index in [-0.39, 0.29) is 35.3 Å². The molecule has 0 spiro atoms. The molecule has 0 saturated carbocycles. The van der Waals surface area contributed by atoms with Crippen LogP contribution in [0.4, 0.5) is 0 Å². The van der Waals surface area contributed by atoms with Crippen LogP contribution in [0.15, 0.2) is 48.5 Å². The summed E-state index contributed by atoms with van der Waals surface area (Å²) in [5.41, 5.74) is 0. The highest BCUT2D eigenvalue weighted by atomic mass is 31.2. The molecule has 0 aliphatic carbocycles. The van der Waals surface area contributed by atoms with E-state index in [1.165, 1.54) is 36.4 Å². The van der Waals surface area contributed by atoms with E-state index in [0.29, 0.717) is 0 Å². The Morgan fingerprint density at radius 2 is 1.00 bits per heavy atom. The first kappa shape index (κ1) is 18.7. The molecule has 10 heteroatoms. The first-order valence-corrected chi connectivity index (χ1v) is 9.98. The van der Waals surface area contributed by atoms with Gasteiger partial charge in [-0.25, -0.2) is 0 Å². The standard InChI is InChI=1S/C14H16O8P2/c15-23(16,17)13-7-3-1-5-11(13)21-9-10-22-12-6-2-4-8-14(12)24(18,19)20/h1-8H,9-10H2,(H2,15,16,17)(H2,18,19,20). The summed E-state index contributed by atoms with van der Waals surface area (Å²) in [7, 11) is -8.92. The predicted molar refractivity (Wildman–Crippen MR) is 87.2 cm³/mol. The minimum absolute atomic E-state index is 0.0257. The molecule has 130 valence electrons. The van der Waals surface area contributed by atoms with Crippen LogP contribution in [0.1, 0.15) is 0 Å². The topological polar surface area (TPSA) is 134 Å². The fourth-order valence-electron chi connectivity index (χ4n) is 1.94. The third-order valence-corrected chi connectivity index (χ3v) is 4.95. The summed E-state index contributed by atoms with van der Waals surface area (Å²) < 4.78 is 33.3. The molecule has 0 amide bonds. The molecule has 0 saturated heterocycles. The number of hydrogen-bond acceptors (Lipinski definition) is 4. The average Bonchev–Trinajstić information content (AvgIpc) is 2.50. The van der Waals surface area contributed by atoms with Crippen LogP contribution in [0.3, 0.4) is 0 Å². The second-order valence-corrected chi connectivity index (χ2v) is 7.86. The van der Waals surface area contributed by atoms with Crippen molar-refractivity contribution in [3.05, 3.63) is 48.5 Å². The van der Waals surface area contributed by atoms with Gasteiger partial charge in [-0.2, -0.15) is 0 Å². The normalized spacial score (nSPS) is 12.0. The fraction of sp³-hybridized carbons (Fsp3) is 0.143. The van der Waals surface area contributed by atoms with Crippen LogP contribution >= 0.6 is 15.2 Å². The van der Waals surface area contributed by atoms with Crippen LogP contribution in [0, 0.1) is 0 Å². The summed E-state index contributed by atoms with van der Waals surface area (Å²) >= 11 is 0. The first-order chi connectivity index (χ1) is 11.2. The van der Waals surface area contributed by atoms with E-state index in [4.69, 9.17) is 9.47 Å². The lowest BCUT2D eigenvalue weighted by molar-refractivity contribution is 0.218. The summed E-state index contributed by atoms with van der Waals surface area (Å²) in [6.45, 7) is -0.126. The number of rotatable bonds is 7. The second-order valence-electron chi connectivity index (χ2n) is 4.72. The van der Waals surface area contributed by atoms with Gasteiger partial charge in [0.1, 0.15) is 35.3 Å². The SMILES string of the molecule is O=P(O)(O)c1ccccc1OCCOc1ccccc1P(=O)(O)O. The highest BCUT2D eigenvalue weighted by Crippen LogP contribution is 2.38. The van der Waals surface area contributed by atoms with E-state index in [1.54, 1.807) is 12.1 Å². The van der Waals surface area contributed by atoms with Crippen molar-refractivity contribution < 1.29 is 38.2 Å². The zero-order valence-corrected chi connectivity index (χ0v) is 14.1. The van der Waals surface area contributed by atoms with E-state index in [9.17, 15) is 28.7 Å². The van der Waals surface area contributed by atoms with Crippen LogP contribution < -0.4 is 20.1 Å². The lowest BCUT2D eigenvalue weighted by Crippen LogP contribution is -2.17. The summed E-state index contributed by atoms with van der Waals surface area (Å²) in [6, 6.07) is 11.5. The molecule has 2 aromatic rings. The van der Waals surface area contributed by atoms with Gasteiger partial charge in [0.2, 0.25) is 0 Å². The second kappa shape index (κ2) is 7.49. The van der Waals surface area contributed by atoms with E-state index < -0.39 is 15.2 Å². The molecule has 2 rings (SSSR count). The molecule has 0 aliphatic rings. The maximum atomic E-state index is 11.4. The van der Waals surface area contributed by atoms with Gasteiger partial charge in [-0.3, -0.25) is 9.13 Å². The Balaban J connectivity index is 2.01. The highest BCUT2D eigenvalue weighted by molar-refractivity contribution is 7.60. The lowest BCUT2D eigenvalue weighted by Gasteiger charge is -2.14. The van der Waals surface area contributed by atoms with Gasteiger partial charge in [0.05, 0.1) is 0 Å². The van der Waals surface area contributed by atoms with Crippen LogP contribution in [0.5, 0.6) is 11.5 Å². The van der Waals surface area contributed by atoms with Gasteiger partial charge in [-0.1, -0.05) is 24.3 Å². The van der Waals surface area contributed by atoms with Gasteiger partial charge in [-0.05, 0) is 24.3 Å². The van der Waals surface area contributed by atoms with Crippen molar-refractivity contribution in [3.63, 3.8) is 0 Å². The molecule has 0 atom stereocenters. The van der Waals surface area contributed by atoms with Crippen molar-refractivity contribution >= 4 is 25.8 Å². The molecule has 24 heavy (non-hydrogen) atoms. The van der Waals surface area contributed by atoms with Crippen molar-refractivity contribution in [2.45, 2.75) is 0 Å². The molecule has 0 aliphatic heterocycles. The van der Waals surface area contributed by atoms with Gasteiger partial charge in [0, 0.05) is 0 Å². The molecular weight excluding hydrogens is 358 g/mol. The molecule has 0 radical (unpaired) electrons. The zero-order chi connectivity index (χ0) is 17.8. The smallest absolute Gasteiger partial charge is 0.359 e. The van der Waals surface area contributed by atoms with E-state index in [0.717, 1.165) is 0 Å². The maximum absolute atomic E-state index is 11.4. The Bertz CT molecular complexity index is 727.